The Labute approximate surface area is 105 Å². The van der Waals surface area contributed by atoms with Crippen LogP contribution in [0.3, 0.4) is 0 Å². The number of carboxylic acid groups (broad SMARTS) is 1. The molecule has 0 heterocycles. The van der Waals surface area contributed by atoms with Crippen LogP contribution in [0.4, 0.5) is 0 Å². The van der Waals surface area contributed by atoms with Gasteiger partial charge in [0.1, 0.15) is 11.8 Å². The second-order valence-corrected chi connectivity index (χ2v) is 3.89. The van der Waals surface area contributed by atoms with Crippen LogP contribution in [-0.4, -0.2) is 24.0 Å². The minimum atomic E-state index is -1.02. The second kappa shape index (κ2) is 5.82. The number of ether oxygens (including phenoxy) is 1. The van der Waals surface area contributed by atoms with Crippen molar-refractivity contribution in [1.29, 1.82) is 5.26 Å². The van der Waals surface area contributed by atoms with Gasteiger partial charge in [0.2, 0.25) is 0 Å². The van der Waals surface area contributed by atoms with Crippen molar-refractivity contribution in [2.75, 3.05) is 7.11 Å². The van der Waals surface area contributed by atoms with Gasteiger partial charge in [0.15, 0.2) is 5.78 Å². The summed E-state index contributed by atoms with van der Waals surface area (Å²) in [5.74, 6) is -1.55. The number of hydrogen-bond donors (Lipinski definition) is 1. The highest BCUT2D eigenvalue weighted by Crippen LogP contribution is 2.21. The van der Waals surface area contributed by atoms with Gasteiger partial charge in [-0.05, 0) is 18.2 Å². The Bertz CT molecular complexity index is 516. The molecule has 1 atom stereocenters. The molecule has 0 aliphatic heterocycles. The van der Waals surface area contributed by atoms with Crippen LogP contribution in [0.1, 0.15) is 29.3 Å². The molecule has 1 aromatic carbocycles. The van der Waals surface area contributed by atoms with E-state index in [1.807, 2.05) is 6.07 Å². The molecule has 0 amide bonds. The van der Waals surface area contributed by atoms with Crippen LogP contribution in [0.2, 0.25) is 0 Å². The maximum atomic E-state index is 11.9. The summed E-state index contributed by atoms with van der Waals surface area (Å²) >= 11 is 0. The Morgan fingerprint density at radius 3 is 2.67 bits per heavy atom. The van der Waals surface area contributed by atoms with Crippen molar-refractivity contribution in [3.63, 3.8) is 0 Å². The molecule has 1 unspecified atom stereocenters. The van der Waals surface area contributed by atoms with Gasteiger partial charge < -0.3 is 9.84 Å². The number of nitrogens with zero attached hydrogens (tertiary/aromatic N) is 1. The lowest BCUT2D eigenvalue weighted by Gasteiger charge is -2.09. The fourth-order valence-corrected chi connectivity index (χ4v) is 1.59. The van der Waals surface area contributed by atoms with Crippen molar-refractivity contribution in [2.24, 2.45) is 5.92 Å². The van der Waals surface area contributed by atoms with E-state index < -0.39 is 11.9 Å². The standard InChI is InChI=1S/C13H13NO4/c1-8(5-12(15)16)13(17)9-3-4-11(18-2)10(6-9)7-14/h3-4,6,8H,5H2,1-2H3,(H,15,16). The molecule has 0 aliphatic rings. The molecule has 1 rings (SSSR count). The predicted molar refractivity (Wildman–Crippen MR) is 63.5 cm³/mol. The molecule has 0 aromatic heterocycles. The van der Waals surface area contributed by atoms with Gasteiger partial charge in [0.05, 0.1) is 19.1 Å². The number of ketones is 1. The highest BCUT2D eigenvalue weighted by molar-refractivity contribution is 5.99. The highest BCUT2D eigenvalue weighted by Gasteiger charge is 2.19. The first-order valence-electron chi connectivity index (χ1n) is 5.33. The lowest BCUT2D eigenvalue weighted by Crippen LogP contribution is -2.15. The van der Waals surface area contributed by atoms with Gasteiger partial charge >= 0.3 is 5.97 Å². The van der Waals surface area contributed by atoms with Crippen molar-refractivity contribution in [3.05, 3.63) is 29.3 Å². The predicted octanol–water partition coefficient (Wildman–Crippen LogP) is 1.86. The Balaban J connectivity index is 3.01. The summed E-state index contributed by atoms with van der Waals surface area (Å²) in [4.78, 5) is 22.5. The normalized spacial score (nSPS) is 11.4. The van der Waals surface area contributed by atoms with Crippen molar-refractivity contribution in [1.82, 2.24) is 0 Å². The Morgan fingerprint density at radius 2 is 2.17 bits per heavy atom. The molecular formula is C13H13NO4. The number of nitriles is 1. The summed E-state index contributed by atoms with van der Waals surface area (Å²) in [6.45, 7) is 1.55. The molecule has 1 aromatic rings. The van der Waals surface area contributed by atoms with Crippen LogP contribution in [0.5, 0.6) is 5.75 Å². The molecule has 0 radical (unpaired) electrons. The van der Waals surface area contributed by atoms with Gasteiger partial charge in [0, 0.05) is 11.5 Å². The van der Waals surface area contributed by atoms with Gasteiger partial charge in [-0.3, -0.25) is 9.59 Å². The third-order valence-electron chi connectivity index (χ3n) is 2.53. The first-order valence-corrected chi connectivity index (χ1v) is 5.33. The monoisotopic (exact) mass is 247 g/mol. The first kappa shape index (κ1) is 13.7. The summed E-state index contributed by atoms with van der Waals surface area (Å²) in [6.07, 6.45) is -0.229. The fourth-order valence-electron chi connectivity index (χ4n) is 1.59. The minimum Gasteiger partial charge on any atom is -0.495 e. The van der Waals surface area contributed by atoms with Crippen molar-refractivity contribution in [2.45, 2.75) is 13.3 Å². The van der Waals surface area contributed by atoms with E-state index >= 15 is 0 Å². The highest BCUT2D eigenvalue weighted by atomic mass is 16.5. The number of methoxy groups -OCH3 is 1. The topological polar surface area (TPSA) is 87.4 Å². The number of carbonyl (C=O) groups is 2. The first-order chi connectivity index (χ1) is 8.49. The second-order valence-electron chi connectivity index (χ2n) is 3.89. The van der Waals surface area contributed by atoms with Crippen molar-refractivity contribution < 1.29 is 19.4 Å². The summed E-state index contributed by atoms with van der Waals surface area (Å²) in [6, 6.07) is 6.40. The van der Waals surface area contributed by atoms with Gasteiger partial charge in [0.25, 0.3) is 0 Å². The van der Waals surface area contributed by atoms with E-state index in [0.717, 1.165) is 0 Å². The summed E-state index contributed by atoms with van der Waals surface area (Å²) in [7, 11) is 1.44. The zero-order chi connectivity index (χ0) is 13.7. The van der Waals surface area contributed by atoms with Gasteiger partial charge in [-0.2, -0.15) is 5.26 Å². The zero-order valence-corrected chi connectivity index (χ0v) is 10.1. The zero-order valence-electron chi connectivity index (χ0n) is 10.1. The Kier molecular flexibility index (Phi) is 4.44. The lowest BCUT2D eigenvalue weighted by molar-refractivity contribution is -0.137. The maximum Gasteiger partial charge on any atom is 0.304 e. The average molecular weight is 247 g/mol. The molecule has 0 spiro atoms. The molecule has 18 heavy (non-hydrogen) atoms. The molecular weight excluding hydrogens is 234 g/mol. The molecule has 5 heteroatoms. The van der Waals surface area contributed by atoms with Gasteiger partial charge in [-0.1, -0.05) is 6.92 Å². The van der Waals surface area contributed by atoms with E-state index in [-0.39, 0.29) is 17.8 Å². The van der Waals surface area contributed by atoms with Crippen LogP contribution >= 0.6 is 0 Å². The molecule has 0 saturated heterocycles. The van der Waals surface area contributed by atoms with Crippen LogP contribution in [0, 0.1) is 17.2 Å². The molecule has 94 valence electrons. The number of carbonyl (C=O) groups excluding carboxylic acids is 1. The van der Waals surface area contributed by atoms with Crippen molar-refractivity contribution in [3.8, 4) is 11.8 Å². The Morgan fingerprint density at radius 1 is 1.50 bits per heavy atom. The van der Waals surface area contributed by atoms with Gasteiger partial charge in [-0.25, -0.2) is 0 Å². The molecule has 0 saturated carbocycles. The fraction of sp³-hybridized carbons (Fsp3) is 0.308. The molecule has 0 bridgehead atoms. The largest absolute Gasteiger partial charge is 0.495 e. The summed E-state index contributed by atoms with van der Waals surface area (Å²) in [5.41, 5.74) is 0.576. The molecule has 5 nitrogen and oxygen atoms in total. The smallest absolute Gasteiger partial charge is 0.304 e. The molecule has 0 aliphatic carbocycles. The van der Waals surface area contributed by atoms with E-state index in [4.69, 9.17) is 15.1 Å². The van der Waals surface area contributed by atoms with Gasteiger partial charge in [-0.15, -0.1) is 0 Å². The van der Waals surface area contributed by atoms with Crippen LogP contribution in [0.15, 0.2) is 18.2 Å². The maximum absolute atomic E-state index is 11.9. The minimum absolute atomic E-state index is 0.229. The van der Waals surface area contributed by atoms with E-state index in [9.17, 15) is 9.59 Å². The van der Waals surface area contributed by atoms with E-state index in [1.54, 1.807) is 6.92 Å². The summed E-state index contributed by atoms with van der Waals surface area (Å²) < 4.78 is 4.97. The van der Waals surface area contributed by atoms with E-state index in [1.165, 1.54) is 25.3 Å². The average Bonchev–Trinajstić information content (AvgIpc) is 2.36. The summed E-state index contributed by atoms with van der Waals surface area (Å²) in [5, 5.41) is 17.5. The molecule has 0 fully saturated rings. The number of aliphatic carboxylic acids is 1. The van der Waals surface area contributed by atoms with Crippen LogP contribution in [0.25, 0.3) is 0 Å². The Hall–Kier alpha value is -2.35. The SMILES string of the molecule is COc1ccc(C(=O)C(C)CC(=O)O)cc1C#N. The van der Waals surface area contributed by atoms with E-state index in [2.05, 4.69) is 0 Å². The lowest BCUT2D eigenvalue weighted by atomic mass is 9.95. The number of rotatable bonds is 5. The van der Waals surface area contributed by atoms with Crippen LogP contribution in [-0.2, 0) is 4.79 Å². The van der Waals surface area contributed by atoms with E-state index in [0.29, 0.717) is 11.3 Å². The quantitative estimate of drug-likeness (QED) is 0.802. The number of Topliss-reactive ketones (excluding diaryl/α,β-unsaturated/α-hetero) is 1. The van der Waals surface area contributed by atoms with Crippen molar-refractivity contribution >= 4 is 11.8 Å². The van der Waals surface area contributed by atoms with Crippen LogP contribution < -0.4 is 4.74 Å². The number of carboxylic acids is 1. The number of benzene rings is 1. The third-order valence-corrected chi connectivity index (χ3v) is 2.53. The number of hydrogen-bond acceptors (Lipinski definition) is 4. The molecule has 1 N–H and O–H groups in total. The third kappa shape index (κ3) is 3.08.